The molecule has 0 bridgehead atoms. The maximum atomic E-state index is 12.2. The summed E-state index contributed by atoms with van der Waals surface area (Å²) in [7, 11) is 0. The summed E-state index contributed by atoms with van der Waals surface area (Å²) in [5, 5.41) is 16.4. The van der Waals surface area contributed by atoms with Crippen LogP contribution in [0.25, 0.3) is 0 Å². The number of carbonyl (C=O) groups is 2. The second-order valence-corrected chi connectivity index (χ2v) is 5.80. The highest BCUT2D eigenvalue weighted by Crippen LogP contribution is 2.17. The third kappa shape index (κ3) is 4.87. The molecule has 0 spiro atoms. The Balaban J connectivity index is 1.99. The fraction of sp³-hybridized carbons (Fsp3) is 0.222. The summed E-state index contributed by atoms with van der Waals surface area (Å²) >= 11 is 0. The number of anilines is 1. The first-order valence-electron chi connectivity index (χ1n) is 7.80. The molecule has 25 heavy (non-hydrogen) atoms. The molecule has 2 rings (SSSR count). The van der Waals surface area contributed by atoms with Crippen molar-refractivity contribution < 1.29 is 14.5 Å². The van der Waals surface area contributed by atoms with Crippen LogP contribution < -0.4 is 10.6 Å². The van der Waals surface area contributed by atoms with Crippen LogP contribution in [0.1, 0.15) is 29.8 Å². The Morgan fingerprint density at radius 1 is 1.08 bits per heavy atom. The molecule has 0 unspecified atom stereocenters. The van der Waals surface area contributed by atoms with Crippen LogP contribution in [0.15, 0.2) is 48.5 Å². The Kier molecular flexibility index (Phi) is 5.84. The minimum atomic E-state index is -0.582. The Morgan fingerprint density at radius 2 is 1.72 bits per heavy atom. The summed E-state index contributed by atoms with van der Waals surface area (Å²) in [5.74, 6) is -0.692. The lowest BCUT2D eigenvalue weighted by Gasteiger charge is -2.09. The number of nitro groups is 1. The van der Waals surface area contributed by atoms with Gasteiger partial charge in [0.25, 0.3) is 11.6 Å². The largest absolute Gasteiger partial charge is 0.348 e. The summed E-state index contributed by atoms with van der Waals surface area (Å²) in [4.78, 5) is 34.2. The summed E-state index contributed by atoms with van der Waals surface area (Å²) in [6.45, 7) is 3.84. The predicted molar refractivity (Wildman–Crippen MR) is 94.2 cm³/mol. The van der Waals surface area contributed by atoms with E-state index in [0.717, 1.165) is 5.56 Å². The number of nitrogens with zero attached hydrogens (tertiary/aromatic N) is 1. The average Bonchev–Trinajstić information content (AvgIpc) is 2.60. The van der Waals surface area contributed by atoms with E-state index in [4.69, 9.17) is 0 Å². The highest BCUT2D eigenvalue weighted by atomic mass is 16.6. The van der Waals surface area contributed by atoms with Gasteiger partial charge in [0.2, 0.25) is 5.91 Å². The van der Waals surface area contributed by atoms with Crippen LogP contribution in [0.5, 0.6) is 0 Å². The maximum absolute atomic E-state index is 12.2. The van der Waals surface area contributed by atoms with E-state index >= 15 is 0 Å². The van der Waals surface area contributed by atoms with Crippen LogP contribution in [0, 0.1) is 16.0 Å². The average molecular weight is 341 g/mol. The third-order valence-electron chi connectivity index (χ3n) is 3.54. The Morgan fingerprint density at radius 3 is 2.32 bits per heavy atom. The Bertz CT molecular complexity index is 785. The number of rotatable bonds is 6. The molecular weight excluding hydrogens is 322 g/mol. The number of carbonyl (C=O) groups excluding carboxylic acids is 2. The van der Waals surface area contributed by atoms with Gasteiger partial charge in [0.05, 0.1) is 4.92 Å². The van der Waals surface area contributed by atoms with Crippen LogP contribution in [0.3, 0.4) is 0 Å². The highest BCUT2D eigenvalue weighted by Gasteiger charge is 2.18. The second-order valence-electron chi connectivity index (χ2n) is 5.80. The van der Waals surface area contributed by atoms with Gasteiger partial charge >= 0.3 is 0 Å². The minimum absolute atomic E-state index is 0.0216. The van der Waals surface area contributed by atoms with Gasteiger partial charge in [-0.15, -0.1) is 0 Å². The molecule has 2 aromatic carbocycles. The van der Waals surface area contributed by atoms with E-state index in [1.807, 2.05) is 13.8 Å². The van der Waals surface area contributed by atoms with Crippen molar-refractivity contribution in [3.05, 3.63) is 69.8 Å². The van der Waals surface area contributed by atoms with Gasteiger partial charge < -0.3 is 10.6 Å². The molecule has 0 aliphatic rings. The van der Waals surface area contributed by atoms with E-state index in [1.54, 1.807) is 30.3 Å². The van der Waals surface area contributed by atoms with Crippen LogP contribution >= 0.6 is 0 Å². The van der Waals surface area contributed by atoms with Crippen LogP contribution in [-0.4, -0.2) is 16.7 Å². The van der Waals surface area contributed by atoms with Gasteiger partial charge in [0.15, 0.2) is 0 Å². The normalized spacial score (nSPS) is 10.4. The van der Waals surface area contributed by atoms with E-state index in [-0.39, 0.29) is 29.6 Å². The van der Waals surface area contributed by atoms with Crippen molar-refractivity contribution in [2.45, 2.75) is 20.4 Å². The van der Waals surface area contributed by atoms with Gasteiger partial charge in [-0.1, -0.05) is 38.1 Å². The van der Waals surface area contributed by atoms with E-state index in [1.165, 1.54) is 18.2 Å². The lowest BCUT2D eigenvalue weighted by Crippen LogP contribution is -2.23. The van der Waals surface area contributed by atoms with Gasteiger partial charge in [0, 0.05) is 24.2 Å². The molecule has 130 valence electrons. The molecule has 0 saturated carbocycles. The SMILES string of the molecule is CC(C)C(=O)Nc1ccc(CNC(=O)c2ccccc2[N+](=O)[O-])cc1. The highest BCUT2D eigenvalue weighted by molar-refractivity contribution is 5.98. The molecule has 7 heteroatoms. The van der Waals surface area contributed by atoms with Crippen molar-refractivity contribution in [2.75, 3.05) is 5.32 Å². The molecule has 0 aromatic heterocycles. The molecule has 2 amide bonds. The fourth-order valence-corrected chi connectivity index (χ4v) is 2.09. The summed E-state index contributed by atoms with van der Waals surface area (Å²) < 4.78 is 0. The van der Waals surface area contributed by atoms with Gasteiger partial charge in [-0.2, -0.15) is 0 Å². The number of hydrogen-bond acceptors (Lipinski definition) is 4. The number of nitrogens with one attached hydrogen (secondary N) is 2. The molecule has 0 aliphatic heterocycles. The number of hydrogen-bond donors (Lipinski definition) is 2. The zero-order chi connectivity index (χ0) is 18.4. The molecule has 0 aliphatic carbocycles. The lowest BCUT2D eigenvalue weighted by atomic mass is 10.1. The van der Waals surface area contributed by atoms with Gasteiger partial charge in [-0.3, -0.25) is 19.7 Å². The first-order chi connectivity index (χ1) is 11.9. The molecule has 7 nitrogen and oxygen atoms in total. The van der Waals surface area contributed by atoms with Crippen LogP contribution in [0.2, 0.25) is 0 Å². The molecule has 2 N–H and O–H groups in total. The van der Waals surface area contributed by atoms with Crippen molar-refractivity contribution in [2.24, 2.45) is 5.92 Å². The van der Waals surface area contributed by atoms with Crippen molar-refractivity contribution in [1.29, 1.82) is 0 Å². The lowest BCUT2D eigenvalue weighted by molar-refractivity contribution is -0.385. The van der Waals surface area contributed by atoms with E-state index in [9.17, 15) is 19.7 Å². The molecule has 0 atom stereocenters. The van der Waals surface area contributed by atoms with Crippen molar-refractivity contribution in [3.63, 3.8) is 0 Å². The molecular formula is C18H19N3O4. The zero-order valence-electron chi connectivity index (χ0n) is 14.0. The minimum Gasteiger partial charge on any atom is -0.348 e. The Hall–Kier alpha value is -3.22. The van der Waals surface area contributed by atoms with E-state index in [0.29, 0.717) is 5.69 Å². The topological polar surface area (TPSA) is 101 Å². The summed E-state index contributed by atoms with van der Waals surface area (Å²) in [6, 6.07) is 12.8. The molecule has 2 aromatic rings. The maximum Gasteiger partial charge on any atom is 0.282 e. The van der Waals surface area contributed by atoms with Crippen LogP contribution in [-0.2, 0) is 11.3 Å². The van der Waals surface area contributed by atoms with Gasteiger partial charge in [-0.05, 0) is 23.8 Å². The molecule has 0 radical (unpaired) electrons. The predicted octanol–water partition coefficient (Wildman–Crippen LogP) is 3.12. The number of para-hydroxylation sites is 1. The van der Waals surface area contributed by atoms with Crippen molar-refractivity contribution in [1.82, 2.24) is 5.32 Å². The first kappa shape index (κ1) is 18.1. The van der Waals surface area contributed by atoms with Crippen LogP contribution in [0.4, 0.5) is 11.4 Å². The molecule has 0 fully saturated rings. The van der Waals surface area contributed by atoms with E-state index in [2.05, 4.69) is 10.6 Å². The summed E-state index contributed by atoms with van der Waals surface area (Å²) in [5.41, 5.74) is 1.28. The fourth-order valence-electron chi connectivity index (χ4n) is 2.09. The second kappa shape index (κ2) is 8.05. The van der Waals surface area contributed by atoms with Gasteiger partial charge in [0.1, 0.15) is 5.56 Å². The third-order valence-corrected chi connectivity index (χ3v) is 3.54. The van der Waals surface area contributed by atoms with E-state index < -0.39 is 10.8 Å². The molecule has 0 heterocycles. The van der Waals surface area contributed by atoms with Crippen molar-refractivity contribution >= 4 is 23.2 Å². The van der Waals surface area contributed by atoms with Crippen molar-refractivity contribution in [3.8, 4) is 0 Å². The monoisotopic (exact) mass is 341 g/mol. The smallest absolute Gasteiger partial charge is 0.282 e. The Labute approximate surface area is 145 Å². The molecule has 0 saturated heterocycles. The number of nitro benzene ring substituents is 1. The number of amides is 2. The standard InChI is InChI=1S/C18H19N3O4/c1-12(2)17(22)20-14-9-7-13(8-10-14)11-19-18(23)15-5-3-4-6-16(15)21(24)25/h3-10,12H,11H2,1-2H3,(H,19,23)(H,20,22). The number of benzene rings is 2. The zero-order valence-corrected chi connectivity index (χ0v) is 14.0. The summed E-state index contributed by atoms with van der Waals surface area (Å²) in [6.07, 6.45) is 0. The first-order valence-corrected chi connectivity index (χ1v) is 7.80. The van der Waals surface area contributed by atoms with Gasteiger partial charge in [-0.25, -0.2) is 0 Å². The quantitative estimate of drug-likeness (QED) is 0.622.